The molecule has 2 N–H and O–H groups in total. The summed E-state index contributed by atoms with van der Waals surface area (Å²) in [6, 6.07) is 6.88. The van der Waals surface area contributed by atoms with E-state index in [1.165, 1.54) is 7.11 Å². The van der Waals surface area contributed by atoms with E-state index in [0.717, 1.165) is 0 Å². The summed E-state index contributed by atoms with van der Waals surface area (Å²) in [7, 11) is 1.40. The topological polar surface area (TPSA) is 61.5 Å². The Morgan fingerprint density at radius 2 is 2.27 bits per heavy atom. The minimum atomic E-state index is -0.915. The number of benzene rings is 1. The molecule has 0 saturated heterocycles. The van der Waals surface area contributed by atoms with E-state index in [0.29, 0.717) is 17.9 Å². The van der Waals surface area contributed by atoms with Gasteiger partial charge in [-0.2, -0.15) is 0 Å². The van der Waals surface area contributed by atoms with Crippen LogP contribution in [0.5, 0.6) is 5.75 Å². The summed E-state index contributed by atoms with van der Waals surface area (Å²) >= 11 is 0. The van der Waals surface area contributed by atoms with Gasteiger partial charge in [0, 0.05) is 12.7 Å². The summed E-state index contributed by atoms with van der Waals surface area (Å²) in [5.74, 6) is 0.408. The van der Waals surface area contributed by atoms with Gasteiger partial charge >= 0.3 is 0 Å². The largest absolute Gasteiger partial charge is 0.494 e. The molecule has 0 spiro atoms. The zero-order valence-corrected chi connectivity index (χ0v) is 8.90. The lowest BCUT2D eigenvalue weighted by Crippen LogP contribution is -2.32. The van der Waals surface area contributed by atoms with Gasteiger partial charge in [0.15, 0.2) is 6.23 Å². The predicted octanol–water partition coefficient (Wildman–Crippen LogP) is 1.20. The average Bonchev–Trinajstić information content (AvgIpc) is 2.28. The molecule has 82 valence electrons. The van der Waals surface area contributed by atoms with Gasteiger partial charge in [-0.1, -0.05) is 12.1 Å². The van der Waals surface area contributed by atoms with Crippen molar-refractivity contribution in [3.8, 4) is 5.75 Å². The highest BCUT2D eigenvalue weighted by atomic mass is 16.5. The van der Waals surface area contributed by atoms with Gasteiger partial charge in [-0.05, 0) is 19.1 Å². The summed E-state index contributed by atoms with van der Waals surface area (Å²) in [5.41, 5.74) is 5.96. The van der Waals surface area contributed by atoms with Gasteiger partial charge in [-0.15, -0.1) is 0 Å². The van der Waals surface area contributed by atoms with Crippen molar-refractivity contribution in [2.45, 2.75) is 13.2 Å². The van der Waals surface area contributed by atoms with Gasteiger partial charge in [0.05, 0.1) is 6.61 Å². The molecule has 4 nitrogen and oxygen atoms in total. The van der Waals surface area contributed by atoms with E-state index < -0.39 is 6.23 Å². The van der Waals surface area contributed by atoms with Crippen molar-refractivity contribution < 1.29 is 14.3 Å². The van der Waals surface area contributed by atoms with Crippen LogP contribution in [0.15, 0.2) is 24.3 Å². The lowest BCUT2D eigenvalue weighted by Gasteiger charge is -2.09. The molecular formula is C11H15NO3. The summed E-state index contributed by atoms with van der Waals surface area (Å²) in [6.45, 7) is 2.45. The lowest BCUT2D eigenvalue weighted by atomic mass is 10.1. The van der Waals surface area contributed by atoms with Crippen molar-refractivity contribution in [3.05, 3.63) is 29.8 Å². The minimum absolute atomic E-state index is 0.251. The SMILES string of the molecule is CCOc1cccc(C(=O)C(N)OC)c1. The molecule has 1 aromatic rings. The number of ketones is 1. The first-order valence-corrected chi connectivity index (χ1v) is 4.74. The molecule has 4 heteroatoms. The van der Waals surface area contributed by atoms with E-state index in [2.05, 4.69) is 0 Å². The standard InChI is InChI=1S/C11H15NO3/c1-3-15-9-6-4-5-8(7-9)10(13)11(12)14-2/h4-7,11H,3,12H2,1-2H3. The number of carbonyl (C=O) groups is 1. The van der Waals surface area contributed by atoms with E-state index in [1.807, 2.05) is 6.92 Å². The third-order valence-corrected chi connectivity index (χ3v) is 1.94. The Bertz CT molecular complexity index is 338. The number of hydrogen-bond acceptors (Lipinski definition) is 4. The maximum absolute atomic E-state index is 11.6. The molecule has 0 fully saturated rings. The molecule has 0 heterocycles. The molecule has 1 rings (SSSR count). The third kappa shape index (κ3) is 3.04. The molecule has 1 aromatic carbocycles. The zero-order chi connectivity index (χ0) is 11.3. The Balaban J connectivity index is 2.85. The molecule has 0 saturated carbocycles. The summed E-state index contributed by atoms with van der Waals surface area (Å²) in [5, 5.41) is 0. The Hall–Kier alpha value is -1.39. The van der Waals surface area contributed by atoms with Crippen LogP contribution in [0.1, 0.15) is 17.3 Å². The summed E-state index contributed by atoms with van der Waals surface area (Å²) in [4.78, 5) is 11.6. The molecule has 15 heavy (non-hydrogen) atoms. The number of Topliss-reactive ketones (excluding diaryl/α,β-unsaturated/α-hetero) is 1. The highest BCUT2D eigenvalue weighted by molar-refractivity contribution is 5.99. The van der Waals surface area contributed by atoms with Crippen molar-refractivity contribution in [3.63, 3.8) is 0 Å². The molecule has 0 aliphatic heterocycles. The van der Waals surface area contributed by atoms with Crippen molar-refractivity contribution in [2.75, 3.05) is 13.7 Å². The summed E-state index contributed by atoms with van der Waals surface area (Å²) < 4.78 is 10.0. The predicted molar refractivity (Wildman–Crippen MR) is 56.9 cm³/mol. The zero-order valence-electron chi connectivity index (χ0n) is 8.90. The molecule has 0 aliphatic carbocycles. The molecular weight excluding hydrogens is 194 g/mol. The highest BCUT2D eigenvalue weighted by Gasteiger charge is 2.14. The second-order valence-electron chi connectivity index (χ2n) is 2.98. The summed E-state index contributed by atoms with van der Waals surface area (Å²) in [6.07, 6.45) is -0.915. The van der Waals surface area contributed by atoms with Crippen molar-refractivity contribution in [2.24, 2.45) is 5.73 Å². The molecule has 0 bridgehead atoms. The molecule has 1 unspecified atom stereocenters. The molecule has 0 aliphatic rings. The van der Waals surface area contributed by atoms with E-state index in [1.54, 1.807) is 24.3 Å². The van der Waals surface area contributed by atoms with Gasteiger partial charge in [-0.3, -0.25) is 10.5 Å². The fraction of sp³-hybridized carbons (Fsp3) is 0.364. The molecule has 0 radical (unpaired) electrons. The fourth-order valence-electron chi connectivity index (χ4n) is 1.18. The lowest BCUT2D eigenvalue weighted by molar-refractivity contribution is 0.0623. The molecule has 0 aromatic heterocycles. The van der Waals surface area contributed by atoms with Gasteiger partial charge in [0.1, 0.15) is 5.75 Å². The smallest absolute Gasteiger partial charge is 0.206 e. The van der Waals surface area contributed by atoms with Crippen LogP contribution in [-0.4, -0.2) is 25.7 Å². The van der Waals surface area contributed by atoms with Gasteiger partial charge in [-0.25, -0.2) is 0 Å². The number of rotatable bonds is 5. The second-order valence-corrected chi connectivity index (χ2v) is 2.98. The maximum Gasteiger partial charge on any atom is 0.206 e. The maximum atomic E-state index is 11.6. The Labute approximate surface area is 89.0 Å². The Kier molecular flexibility index (Phi) is 4.27. The van der Waals surface area contributed by atoms with Crippen LogP contribution in [-0.2, 0) is 4.74 Å². The number of methoxy groups -OCH3 is 1. The van der Waals surface area contributed by atoms with Crippen LogP contribution in [0.25, 0.3) is 0 Å². The van der Waals surface area contributed by atoms with E-state index in [-0.39, 0.29) is 5.78 Å². The van der Waals surface area contributed by atoms with Crippen LogP contribution in [0.2, 0.25) is 0 Å². The number of carbonyl (C=O) groups excluding carboxylic acids is 1. The quantitative estimate of drug-likeness (QED) is 0.584. The van der Waals surface area contributed by atoms with Crippen molar-refractivity contribution >= 4 is 5.78 Å². The van der Waals surface area contributed by atoms with E-state index >= 15 is 0 Å². The third-order valence-electron chi connectivity index (χ3n) is 1.94. The highest BCUT2D eigenvalue weighted by Crippen LogP contribution is 2.14. The average molecular weight is 209 g/mol. The van der Waals surface area contributed by atoms with Gasteiger partial charge in [0.2, 0.25) is 5.78 Å². The van der Waals surface area contributed by atoms with Crippen molar-refractivity contribution in [1.29, 1.82) is 0 Å². The number of hydrogen-bond donors (Lipinski definition) is 1. The first kappa shape index (κ1) is 11.7. The van der Waals surface area contributed by atoms with Crippen LogP contribution in [0.3, 0.4) is 0 Å². The van der Waals surface area contributed by atoms with E-state index in [4.69, 9.17) is 15.2 Å². The van der Waals surface area contributed by atoms with Gasteiger partial charge < -0.3 is 9.47 Å². The van der Waals surface area contributed by atoms with Crippen LogP contribution in [0.4, 0.5) is 0 Å². The van der Waals surface area contributed by atoms with E-state index in [9.17, 15) is 4.79 Å². The fourth-order valence-corrected chi connectivity index (χ4v) is 1.18. The number of ether oxygens (including phenoxy) is 2. The van der Waals surface area contributed by atoms with Crippen molar-refractivity contribution in [1.82, 2.24) is 0 Å². The van der Waals surface area contributed by atoms with Gasteiger partial charge in [0.25, 0.3) is 0 Å². The van der Waals surface area contributed by atoms with Crippen LogP contribution in [0, 0.1) is 0 Å². The Morgan fingerprint density at radius 3 is 2.87 bits per heavy atom. The second kappa shape index (κ2) is 5.48. The first-order chi connectivity index (χ1) is 7.19. The van der Waals surface area contributed by atoms with Crippen LogP contribution < -0.4 is 10.5 Å². The normalized spacial score (nSPS) is 12.2. The number of nitrogens with two attached hydrogens (primary N) is 1. The van der Waals surface area contributed by atoms with Crippen LogP contribution >= 0.6 is 0 Å². The monoisotopic (exact) mass is 209 g/mol. The molecule has 1 atom stereocenters. The minimum Gasteiger partial charge on any atom is -0.494 e. The Morgan fingerprint density at radius 1 is 1.53 bits per heavy atom. The molecule has 0 amide bonds. The first-order valence-electron chi connectivity index (χ1n) is 4.74.